The van der Waals surface area contributed by atoms with Crippen molar-refractivity contribution in [2.75, 3.05) is 0 Å². The molecule has 0 aliphatic heterocycles. The zero-order chi connectivity index (χ0) is 11.9. The monoisotopic (exact) mass is 220 g/mol. The molecule has 0 aliphatic rings. The summed E-state index contributed by atoms with van der Waals surface area (Å²) in [4.78, 5) is 11.0. The van der Waals surface area contributed by atoms with Crippen LogP contribution in [0.4, 0.5) is 4.39 Å². The van der Waals surface area contributed by atoms with Crippen molar-refractivity contribution in [3.63, 3.8) is 0 Å². The van der Waals surface area contributed by atoms with Gasteiger partial charge in [-0.1, -0.05) is 0 Å². The molecule has 0 atom stereocenters. The van der Waals surface area contributed by atoms with Gasteiger partial charge in [-0.25, -0.2) is 4.39 Å². The Morgan fingerprint density at radius 1 is 1.50 bits per heavy atom. The van der Waals surface area contributed by atoms with Crippen molar-refractivity contribution >= 4 is 16.8 Å². The highest BCUT2D eigenvalue weighted by atomic mass is 19.1. The first-order valence-corrected chi connectivity index (χ1v) is 5.02. The van der Waals surface area contributed by atoms with Gasteiger partial charge in [0, 0.05) is 18.1 Å². The average molecular weight is 220 g/mol. The molecule has 0 bridgehead atoms. The summed E-state index contributed by atoms with van der Waals surface area (Å²) in [5.74, 6) is -0.654. The van der Waals surface area contributed by atoms with Gasteiger partial charge in [-0.3, -0.25) is 4.79 Å². The molecule has 2 N–H and O–H groups in total. The van der Waals surface area contributed by atoms with Crippen molar-refractivity contribution in [3.05, 3.63) is 35.3 Å². The lowest BCUT2D eigenvalue weighted by molar-refractivity contribution is -0.117. The second kappa shape index (κ2) is 3.63. The van der Waals surface area contributed by atoms with E-state index >= 15 is 0 Å². The van der Waals surface area contributed by atoms with Crippen molar-refractivity contribution in [1.29, 1.82) is 0 Å². The van der Waals surface area contributed by atoms with E-state index in [1.165, 1.54) is 12.1 Å². The molecule has 0 saturated carbocycles. The molecule has 2 aromatic rings. The van der Waals surface area contributed by atoms with Crippen molar-refractivity contribution in [3.8, 4) is 0 Å². The number of aromatic nitrogens is 1. The smallest absolute Gasteiger partial charge is 0.221 e. The number of aryl methyl sites for hydroxylation is 1. The first kappa shape index (κ1) is 10.7. The lowest BCUT2D eigenvalue weighted by atomic mass is 10.1. The van der Waals surface area contributed by atoms with Gasteiger partial charge in [0.2, 0.25) is 5.91 Å². The number of nitrogens with zero attached hydrogens (tertiary/aromatic N) is 1. The summed E-state index contributed by atoms with van der Waals surface area (Å²) in [6.07, 6.45) is 0.189. The topological polar surface area (TPSA) is 48.0 Å². The highest BCUT2D eigenvalue weighted by molar-refractivity contribution is 5.90. The standard InChI is InChI=1S/C12H13FN2O/c1-7-10(6-12(14)16)9-4-3-8(13)5-11(9)15(7)2/h3-5H,6H2,1-2H3,(H2,14,16). The van der Waals surface area contributed by atoms with Crippen molar-refractivity contribution in [1.82, 2.24) is 4.57 Å². The maximum Gasteiger partial charge on any atom is 0.221 e. The fourth-order valence-electron chi connectivity index (χ4n) is 2.01. The first-order chi connectivity index (χ1) is 7.50. The van der Waals surface area contributed by atoms with Gasteiger partial charge < -0.3 is 10.3 Å². The van der Waals surface area contributed by atoms with Gasteiger partial charge in [0.25, 0.3) is 0 Å². The van der Waals surface area contributed by atoms with Gasteiger partial charge >= 0.3 is 0 Å². The molecule has 0 unspecified atom stereocenters. The predicted octanol–water partition coefficient (Wildman–Crippen LogP) is 1.65. The molecule has 0 spiro atoms. The van der Waals surface area contributed by atoms with Gasteiger partial charge in [-0.15, -0.1) is 0 Å². The number of hydrogen-bond acceptors (Lipinski definition) is 1. The van der Waals surface area contributed by atoms with Gasteiger partial charge in [0.15, 0.2) is 0 Å². The van der Waals surface area contributed by atoms with E-state index in [0.717, 1.165) is 22.2 Å². The van der Waals surface area contributed by atoms with E-state index in [1.807, 2.05) is 18.5 Å². The van der Waals surface area contributed by atoms with Crippen LogP contribution in [0.5, 0.6) is 0 Å². The van der Waals surface area contributed by atoms with Gasteiger partial charge in [-0.2, -0.15) is 0 Å². The van der Waals surface area contributed by atoms with E-state index in [2.05, 4.69) is 0 Å². The van der Waals surface area contributed by atoms with E-state index < -0.39 is 0 Å². The SMILES string of the molecule is Cc1c(CC(N)=O)c2ccc(F)cc2n1C. The summed E-state index contributed by atoms with van der Waals surface area (Å²) in [6.45, 7) is 1.90. The van der Waals surface area contributed by atoms with Crippen molar-refractivity contribution < 1.29 is 9.18 Å². The Morgan fingerprint density at radius 3 is 2.81 bits per heavy atom. The van der Waals surface area contributed by atoms with E-state index in [9.17, 15) is 9.18 Å². The number of fused-ring (bicyclic) bond motifs is 1. The molecule has 84 valence electrons. The fraction of sp³-hybridized carbons (Fsp3) is 0.250. The maximum absolute atomic E-state index is 13.1. The molecule has 1 aromatic heterocycles. The van der Waals surface area contributed by atoms with Crippen LogP contribution in [0.2, 0.25) is 0 Å². The highest BCUT2D eigenvalue weighted by Gasteiger charge is 2.13. The van der Waals surface area contributed by atoms with Crippen LogP contribution < -0.4 is 5.73 Å². The van der Waals surface area contributed by atoms with Crippen LogP contribution in [-0.4, -0.2) is 10.5 Å². The molecular weight excluding hydrogens is 207 g/mol. The number of amides is 1. The molecule has 1 aromatic carbocycles. The number of benzene rings is 1. The average Bonchev–Trinajstić information content (AvgIpc) is 2.43. The molecule has 0 radical (unpaired) electrons. The Balaban J connectivity index is 2.73. The minimum atomic E-state index is -0.375. The first-order valence-electron chi connectivity index (χ1n) is 5.02. The largest absolute Gasteiger partial charge is 0.369 e. The molecule has 2 rings (SSSR count). The van der Waals surface area contributed by atoms with Gasteiger partial charge in [0.1, 0.15) is 5.82 Å². The Bertz CT molecular complexity index is 572. The number of hydrogen-bond donors (Lipinski definition) is 1. The summed E-state index contributed by atoms with van der Waals surface area (Å²) in [6, 6.07) is 4.55. The Hall–Kier alpha value is -1.84. The van der Waals surface area contributed by atoms with Crippen molar-refractivity contribution in [2.24, 2.45) is 12.8 Å². The van der Waals surface area contributed by atoms with E-state index in [-0.39, 0.29) is 18.1 Å². The second-order valence-electron chi connectivity index (χ2n) is 3.93. The molecule has 4 heteroatoms. The summed E-state index contributed by atoms with van der Waals surface area (Å²) in [7, 11) is 1.85. The molecule has 1 amide bonds. The maximum atomic E-state index is 13.1. The third-order valence-electron chi connectivity index (χ3n) is 2.94. The molecule has 0 aliphatic carbocycles. The molecule has 3 nitrogen and oxygen atoms in total. The van der Waals surface area contributed by atoms with Crippen LogP contribution in [0.15, 0.2) is 18.2 Å². The summed E-state index contributed by atoms with van der Waals surface area (Å²) < 4.78 is 15.0. The molecule has 0 fully saturated rings. The van der Waals surface area contributed by atoms with E-state index in [1.54, 1.807) is 6.07 Å². The summed E-state index contributed by atoms with van der Waals surface area (Å²) in [5.41, 5.74) is 7.81. The number of nitrogens with two attached hydrogens (primary N) is 1. The lowest BCUT2D eigenvalue weighted by Gasteiger charge is -1.99. The number of halogens is 1. The number of primary amides is 1. The second-order valence-corrected chi connectivity index (χ2v) is 3.93. The fourth-order valence-corrected chi connectivity index (χ4v) is 2.01. The van der Waals surface area contributed by atoms with Gasteiger partial charge in [-0.05, 0) is 30.7 Å². The Labute approximate surface area is 92.7 Å². The van der Waals surface area contributed by atoms with Crippen molar-refractivity contribution in [2.45, 2.75) is 13.3 Å². The molecular formula is C12H13FN2O. The minimum absolute atomic E-state index is 0.189. The molecule has 1 heterocycles. The number of carbonyl (C=O) groups excluding carboxylic acids is 1. The Kier molecular flexibility index (Phi) is 2.42. The number of carbonyl (C=O) groups is 1. The van der Waals surface area contributed by atoms with E-state index in [0.29, 0.717) is 0 Å². The normalized spacial score (nSPS) is 10.9. The zero-order valence-electron chi connectivity index (χ0n) is 9.25. The van der Waals surface area contributed by atoms with Crippen LogP contribution >= 0.6 is 0 Å². The predicted molar refractivity (Wildman–Crippen MR) is 60.5 cm³/mol. The lowest BCUT2D eigenvalue weighted by Crippen LogP contribution is -2.14. The molecule has 0 saturated heterocycles. The minimum Gasteiger partial charge on any atom is -0.369 e. The highest BCUT2D eigenvalue weighted by Crippen LogP contribution is 2.25. The Morgan fingerprint density at radius 2 is 2.19 bits per heavy atom. The third-order valence-corrected chi connectivity index (χ3v) is 2.94. The summed E-state index contributed by atoms with van der Waals surface area (Å²) in [5, 5.41) is 0.889. The summed E-state index contributed by atoms with van der Waals surface area (Å²) >= 11 is 0. The van der Waals surface area contributed by atoms with Crippen LogP contribution in [-0.2, 0) is 18.3 Å². The van der Waals surface area contributed by atoms with Crippen LogP contribution in [0.25, 0.3) is 10.9 Å². The van der Waals surface area contributed by atoms with Gasteiger partial charge in [0.05, 0.1) is 11.9 Å². The van der Waals surface area contributed by atoms with Crippen LogP contribution in [0, 0.1) is 12.7 Å². The zero-order valence-corrected chi connectivity index (χ0v) is 9.25. The van der Waals surface area contributed by atoms with Crippen LogP contribution in [0.3, 0.4) is 0 Å². The van der Waals surface area contributed by atoms with E-state index in [4.69, 9.17) is 5.73 Å². The number of rotatable bonds is 2. The third kappa shape index (κ3) is 1.56. The quantitative estimate of drug-likeness (QED) is 0.822. The molecule has 16 heavy (non-hydrogen) atoms. The van der Waals surface area contributed by atoms with Crippen LogP contribution in [0.1, 0.15) is 11.3 Å².